The lowest BCUT2D eigenvalue weighted by Crippen LogP contribution is -2.47. The van der Waals surface area contributed by atoms with Gasteiger partial charge in [0.05, 0.1) is 10.0 Å². The zero-order chi connectivity index (χ0) is 26.9. The van der Waals surface area contributed by atoms with Gasteiger partial charge in [-0.25, -0.2) is 4.98 Å². The largest absolute Gasteiger partial charge is 0.359 e. The Labute approximate surface area is 230 Å². The van der Waals surface area contributed by atoms with Gasteiger partial charge in [-0.3, -0.25) is 9.59 Å². The van der Waals surface area contributed by atoms with Gasteiger partial charge in [0.2, 0.25) is 11.8 Å². The molecule has 0 unspecified atom stereocenters. The van der Waals surface area contributed by atoms with Gasteiger partial charge in [-0.05, 0) is 49.1 Å². The molecule has 2 aliphatic heterocycles. The normalized spacial score (nSPS) is 20.8. The van der Waals surface area contributed by atoms with Crippen LogP contribution >= 0.6 is 23.2 Å². The molecule has 4 rings (SSSR count). The predicted molar refractivity (Wildman–Crippen MR) is 150 cm³/mol. The lowest BCUT2D eigenvalue weighted by Gasteiger charge is -2.36. The van der Waals surface area contributed by atoms with Crippen LogP contribution in [-0.2, 0) is 9.59 Å². The lowest BCUT2D eigenvalue weighted by molar-refractivity contribution is -0.144. The molecule has 0 bridgehead atoms. The van der Waals surface area contributed by atoms with E-state index in [4.69, 9.17) is 23.2 Å². The maximum Gasteiger partial charge on any atom is 0.227 e. The average molecular weight is 546 g/mol. The van der Waals surface area contributed by atoms with E-state index >= 15 is 0 Å². The minimum atomic E-state index is -0.398. The second-order valence-corrected chi connectivity index (χ2v) is 12.5. The maximum absolute atomic E-state index is 13.7. The fraction of sp³-hybridized carbons (Fsp3) is 0.552. The van der Waals surface area contributed by atoms with Crippen molar-refractivity contribution < 1.29 is 9.59 Å². The Morgan fingerprint density at radius 2 is 1.73 bits per heavy atom. The molecule has 8 heteroatoms. The predicted octanol–water partition coefficient (Wildman–Crippen LogP) is 5.66. The van der Waals surface area contributed by atoms with E-state index in [9.17, 15) is 9.59 Å². The Morgan fingerprint density at radius 3 is 2.32 bits per heavy atom. The first-order valence-electron chi connectivity index (χ1n) is 13.1. The van der Waals surface area contributed by atoms with Gasteiger partial charge in [-0.15, -0.1) is 0 Å². The summed E-state index contributed by atoms with van der Waals surface area (Å²) in [5.74, 6) is 1.59. The quantitative estimate of drug-likeness (QED) is 0.487. The number of anilines is 1. The molecule has 2 atom stereocenters. The molecule has 2 aliphatic rings. The van der Waals surface area contributed by atoms with Gasteiger partial charge in [0.25, 0.3) is 0 Å². The van der Waals surface area contributed by atoms with E-state index in [-0.39, 0.29) is 29.6 Å². The van der Waals surface area contributed by atoms with Gasteiger partial charge in [0.15, 0.2) is 0 Å². The van der Waals surface area contributed by atoms with E-state index in [1.54, 1.807) is 0 Å². The SMILES string of the molecule is Cc1ccc(N(C)C[C@H]2CN(C(=O)C3CCN(C(=O)C(C)(C)C)CC3)C[C@@H]2c2ccc(Cl)c(Cl)c2)nc1. The van der Waals surface area contributed by atoms with E-state index in [0.29, 0.717) is 49.1 Å². The number of carbonyl (C=O) groups is 2. The van der Waals surface area contributed by atoms with Crippen LogP contribution in [0.15, 0.2) is 36.5 Å². The number of nitrogens with zero attached hydrogens (tertiary/aromatic N) is 4. The highest BCUT2D eigenvalue weighted by Gasteiger charge is 2.40. The third-order valence-corrected chi connectivity index (χ3v) is 8.43. The van der Waals surface area contributed by atoms with Crippen LogP contribution in [0.1, 0.15) is 50.7 Å². The molecule has 1 aromatic carbocycles. The number of aryl methyl sites for hydroxylation is 1. The zero-order valence-corrected chi connectivity index (χ0v) is 24.0. The van der Waals surface area contributed by atoms with Crippen molar-refractivity contribution in [3.05, 3.63) is 57.7 Å². The molecular weight excluding hydrogens is 507 g/mol. The summed E-state index contributed by atoms with van der Waals surface area (Å²) in [4.78, 5) is 37.0. The van der Waals surface area contributed by atoms with Crippen molar-refractivity contribution in [3.8, 4) is 0 Å². The number of hydrogen-bond donors (Lipinski definition) is 0. The molecular formula is C29H38Cl2N4O2. The van der Waals surface area contributed by atoms with Gasteiger partial charge in [0, 0.05) is 69.1 Å². The Bertz CT molecular complexity index is 1120. The van der Waals surface area contributed by atoms with Crippen molar-refractivity contribution >= 4 is 40.8 Å². The first-order valence-corrected chi connectivity index (χ1v) is 13.9. The van der Waals surface area contributed by atoms with Crippen LogP contribution in [0.25, 0.3) is 0 Å². The summed E-state index contributed by atoms with van der Waals surface area (Å²) < 4.78 is 0. The molecule has 0 spiro atoms. The molecule has 0 N–H and O–H groups in total. The van der Waals surface area contributed by atoms with Crippen molar-refractivity contribution in [1.29, 1.82) is 0 Å². The number of amides is 2. The van der Waals surface area contributed by atoms with Crippen molar-refractivity contribution in [1.82, 2.24) is 14.8 Å². The number of likely N-dealkylation sites (tertiary alicyclic amines) is 2. The second kappa shape index (κ2) is 11.2. The molecule has 2 saturated heterocycles. The monoisotopic (exact) mass is 544 g/mol. The number of hydrogen-bond acceptors (Lipinski definition) is 4. The number of rotatable bonds is 5. The molecule has 3 heterocycles. The first kappa shape index (κ1) is 27.7. The molecule has 1 aromatic heterocycles. The third-order valence-electron chi connectivity index (χ3n) is 7.69. The van der Waals surface area contributed by atoms with E-state index in [1.165, 1.54) is 0 Å². The molecule has 200 valence electrons. The summed E-state index contributed by atoms with van der Waals surface area (Å²) in [5, 5.41) is 1.07. The Balaban J connectivity index is 1.48. The maximum atomic E-state index is 13.7. The molecule has 6 nitrogen and oxygen atoms in total. The number of aromatic nitrogens is 1. The molecule has 0 saturated carbocycles. The van der Waals surface area contributed by atoms with Crippen LogP contribution in [0, 0.1) is 24.2 Å². The molecule has 2 amide bonds. The summed E-state index contributed by atoms with van der Waals surface area (Å²) in [6.07, 6.45) is 3.31. The van der Waals surface area contributed by atoms with Crippen molar-refractivity contribution in [2.45, 2.75) is 46.5 Å². The van der Waals surface area contributed by atoms with Crippen LogP contribution in [0.2, 0.25) is 10.0 Å². The number of piperidine rings is 1. The number of halogens is 2. The summed E-state index contributed by atoms with van der Waals surface area (Å²) in [7, 11) is 2.05. The third kappa shape index (κ3) is 6.40. The minimum absolute atomic E-state index is 0.0475. The zero-order valence-electron chi connectivity index (χ0n) is 22.5. The number of pyridine rings is 1. The van der Waals surface area contributed by atoms with E-state index in [0.717, 1.165) is 23.5 Å². The van der Waals surface area contributed by atoms with Crippen molar-refractivity contribution in [3.63, 3.8) is 0 Å². The van der Waals surface area contributed by atoms with E-state index in [2.05, 4.69) is 23.0 Å². The summed E-state index contributed by atoms with van der Waals surface area (Å²) >= 11 is 12.6. The Hall–Kier alpha value is -2.31. The van der Waals surface area contributed by atoms with E-state index in [1.807, 2.05) is 68.0 Å². The summed E-state index contributed by atoms with van der Waals surface area (Å²) in [6, 6.07) is 9.91. The molecule has 0 radical (unpaired) electrons. The summed E-state index contributed by atoms with van der Waals surface area (Å²) in [6.45, 7) is 11.3. The number of benzene rings is 1. The standard InChI is InChI=1S/C29H38Cl2N4O2/c1-19-6-9-26(32-15-19)33(5)16-22-17-35(18-23(22)21-7-8-24(30)25(31)14-21)27(36)20-10-12-34(13-11-20)28(37)29(2,3)4/h6-9,14-15,20,22-23H,10-13,16-18H2,1-5H3/t22-,23+/m0/s1. The summed E-state index contributed by atoms with van der Waals surface area (Å²) in [5.41, 5.74) is 1.83. The molecule has 0 aliphatic carbocycles. The first-order chi connectivity index (χ1) is 17.4. The van der Waals surface area contributed by atoms with Gasteiger partial charge in [-0.2, -0.15) is 0 Å². The molecule has 2 aromatic rings. The van der Waals surface area contributed by atoms with Gasteiger partial charge in [0.1, 0.15) is 5.82 Å². The topological polar surface area (TPSA) is 56.8 Å². The minimum Gasteiger partial charge on any atom is -0.359 e. The highest BCUT2D eigenvalue weighted by Crippen LogP contribution is 2.38. The Morgan fingerprint density at radius 1 is 1.03 bits per heavy atom. The van der Waals surface area contributed by atoms with Crippen LogP contribution < -0.4 is 4.90 Å². The van der Waals surface area contributed by atoms with Crippen LogP contribution in [0.5, 0.6) is 0 Å². The Kier molecular flexibility index (Phi) is 8.39. The van der Waals surface area contributed by atoms with Crippen molar-refractivity contribution in [2.75, 3.05) is 44.7 Å². The average Bonchev–Trinajstić information content (AvgIpc) is 3.28. The van der Waals surface area contributed by atoms with Gasteiger partial charge in [-0.1, -0.05) is 56.1 Å². The lowest BCUT2D eigenvalue weighted by atomic mass is 9.88. The second-order valence-electron chi connectivity index (χ2n) is 11.7. The highest BCUT2D eigenvalue weighted by atomic mass is 35.5. The van der Waals surface area contributed by atoms with E-state index < -0.39 is 5.41 Å². The van der Waals surface area contributed by atoms with Crippen LogP contribution in [-0.4, -0.2) is 66.4 Å². The fourth-order valence-electron chi connectivity index (χ4n) is 5.55. The van der Waals surface area contributed by atoms with Gasteiger partial charge < -0.3 is 14.7 Å². The smallest absolute Gasteiger partial charge is 0.227 e. The molecule has 2 fully saturated rings. The highest BCUT2D eigenvalue weighted by molar-refractivity contribution is 6.42. The van der Waals surface area contributed by atoms with Crippen molar-refractivity contribution in [2.24, 2.45) is 17.3 Å². The number of carbonyl (C=O) groups excluding carboxylic acids is 2. The van der Waals surface area contributed by atoms with Gasteiger partial charge >= 0.3 is 0 Å². The fourth-order valence-corrected chi connectivity index (χ4v) is 5.86. The van der Waals surface area contributed by atoms with Crippen LogP contribution in [0.3, 0.4) is 0 Å². The molecule has 37 heavy (non-hydrogen) atoms. The van der Waals surface area contributed by atoms with Crippen LogP contribution in [0.4, 0.5) is 5.82 Å².